The number of thioether (sulfide) groups is 2. The van der Waals surface area contributed by atoms with Gasteiger partial charge in [-0.2, -0.15) is 4.73 Å². The molecule has 0 aromatic carbocycles. The first kappa shape index (κ1) is 23.7. The van der Waals surface area contributed by atoms with Gasteiger partial charge in [0.2, 0.25) is 5.91 Å². The van der Waals surface area contributed by atoms with Crippen LogP contribution < -0.4 is 44.7 Å². The Labute approximate surface area is 197 Å². The van der Waals surface area contributed by atoms with Crippen molar-refractivity contribution in [2.45, 2.75) is 29.8 Å². The summed E-state index contributed by atoms with van der Waals surface area (Å²) in [5.41, 5.74) is 0.253. The number of hydrogen-bond donors (Lipinski definition) is 1. The molecule has 0 saturated carbocycles. The summed E-state index contributed by atoms with van der Waals surface area (Å²) < 4.78 is 0.679. The molecule has 2 aliphatic heterocycles. The summed E-state index contributed by atoms with van der Waals surface area (Å²) in [6.07, 6.45) is 1.01. The van der Waals surface area contributed by atoms with Crippen LogP contribution in [0.15, 0.2) is 40.7 Å². The average Bonchev–Trinajstić information content (AvgIpc) is 2.64. The number of carbonyl (C=O) groups excluding carboxylic acids is 4. The predicted octanol–water partition coefficient (Wildman–Crippen LogP) is -4.20. The van der Waals surface area contributed by atoms with Gasteiger partial charge in [-0.25, -0.2) is 0 Å². The Hall–Kier alpha value is -1.53. The van der Waals surface area contributed by atoms with Gasteiger partial charge < -0.3 is 20.4 Å². The number of nitrogens with zero attached hydrogens (tertiary/aromatic N) is 2. The van der Waals surface area contributed by atoms with Gasteiger partial charge in [0.15, 0.2) is 6.20 Å². The van der Waals surface area contributed by atoms with E-state index < -0.39 is 29.2 Å². The number of carboxylic acids is 1. The summed E-state index contributed by atoms with van der Waals surface area (Å²) in [4.78, 5) is 48.0. The molecule has 1 N–H and O–H groups in total. The number of rotatable bonds is 7. The molecule has 2 atom stereocenters. The van der Waals surface area contributed by atoms with Gasteiger partial charge in [0.1, 0.15) is 17.2 Å². The topological polar surface area (TPSA) is 134 Å². The molecule has 0 spiro atoms. The van der Waals surface area contributed by atoms with Gasteiger partial charge in [0.25, 0.3) is 10.9 Å². The Morgan fingerprint density at radius 2 is 2.10 bits per heavy atom. The molecule has 3 rings (SSSR count). The number of β-lactam (4-membered cyclic amide) rings is 1. The Balaban J connectivity index is 0.00000300. The van der Waals surface area contributed by atoms with E-state index in [2.05, 4.69) is 5.32 Å². The summed E-state index contributed by atoms with van der Waals surface area (Å²) >= 11 is 2.48. The predicted molar refractivity (Wildman–Crippen MR) is 98.5 cm³/mol. The van der Waals surface area contributed by atoms with Gasteiger partial charge >= 0.3 is 29.6 Å². The van der Waals surface area contributed by atoms with Gasteiger partial charge in [-0.15, -0.1) is 11.8 Å². The van der Waals surface area contributed by atoms with Crippen molar-refractivity contribution in [1.29, 1.82) is 0 Å². The second-order valence-electron chi connectivity index (χ2n) is 6.23. The molecule has 3 heterocycles. The molecule has 9 nitrogen and oxygen atoms in total. The van der Waals surface area contributed by atoms with Crippen LogP contribution in [-0.4, -0.2) is 51.4 Å². The van der Waals surface area contributed by atoms with Gasteiger partial charge in [-0.05, 0) is 18.6 Å². The molecule has 1 saturated heterocycles. The van der Waals surface area contributed by atoms with Crippen LogP contribution in [0.3, 0.4) is 0 Å². The van der Waals surface area contributed by atoms with E-state index in [1.165, 1.54) is 24.9 Å². The number of fused-ring (bicyclic) bond motifs is 1. The standard InChI is InChI=1S/C17H17N3O6S2.Na/c1-9(21)6-11(22)18-13-15(23)20-14(17(24)25)10(8-28-16(13)20)7-27-12-4-2-3-5-19(12)26;/h2-5,13,16H,6-8H2,1H3,(H,18,22)(H,24,25);/q;+1/p-1/t13?,16-;/m0./s1. The second kappa shape index (κ2) is 9.98. The zero-order valence-electron chi connectivity index (χ0n) is 15.7. The number of nitrogens with one attached hydrogen (secondary N) is 1. The maximum Gasteiger partial charge on any atom is 1.00 e. The Kier molecular flexibility index (Phi) is 8.18. The quantitative estimate of drug-likeness (QED) is 0.112. The molecule has 2 aliphatic rings. The summed E-state index contributed by atoms with van der Waals surface area (Å²) in [7, 11) is 0. The number of carboxylic acid groups (broad SMARTS) is 1. The fraction of sp³-hybridized carbons (Fsp3) is 0.353. The Morgan fingerprint density at radius 3 is 2.72 bits per heavy atom. The van der Waals surface area contributed by atoms with Crippen molar-refractivity contribution in [2.24, 2.45) is 0 Å². The van der Waals surface area contributed by atoms with Crippen LogP contribution in [0.4, 0.5) is 0 Å². The van der Waals surface area contributed by atoms with E-state index >= 15 is 0 Å². The first-order valence-electron chi connectivity index (χ1n) is 8.27. The molecule has 148 valence electrons. The number of amides is 2. The number of carbonyl (C=O) groups is 4. The van der Waals surface area contributed by atoms with Crippen molar-refractivity contribution >= 4 is 47.1 Å². The van der Waals surface area contributed by atoms with Crippen molar-refractivity contribution in [2.75, 3.05) is 11.5 Å². The summed E-state index contributed by atoms with van der Waals surface area (Å²) in [6, 6.07) is 4.02. The van der Waals surface area contributed by atoms with Gasteiger partial charge in [-0.1, -0.05) is 11.8 Å². The molecular formula is C17H16N3NaO6S2. The van der Waals surface area contributed by atoms with Crippen LogP contribution in [0.1, 0.15) is 13.3 Å². The van der Waals surface area contributed by atoms with E-state index in [0.29, 0.717) is 21.1 Å². The van der Waals surface area contributed by atoms with Gasteiger partial charge in [0, 0.05) is 23.6 Å². The molecule has 1 fully saturated rings. The van der Waals surface area contributed by atoms with Crippen molar-refractivity contribution in [3.63, 3.8) is 0 Å². The molecule has 1 aromatic heterocycles. The molecule has 2 amide bonds. The molecule has 0 aliphatic carbocycles. The summed E-state index contributed by atoms with van der Waals surface area (Å²) in [6.45, 7) is 1.27. The summed E-state index contributed by atoms with van der Waals surface area (Å²) in [5, 5.41) is 25.7. The minimum atomic E-state index is -1.48. The fourth-order valence-electron chi connectivity index (χ4n) is 2.92. The fourth-order valence-corrected chi connectivity index (χ4v) is 5.32. The smallest absolute Gasteiger partial charge is 0.618 e. The van der Waals surface area contributed by atoms with E-state index in [4.69, 9.17) is 0 Å². The Bertz CT molecular complexity index is 894. The third-order valence-corrected chi connectivity index (χ3v) is 6.59. The third-order valence-electron chi connectivity index (χ3n) is 4.15. The van der Waals surface area contributed by atoms with Crippen molar-refractivity contribution in [3.8, 4) is 0 Å². The van der Waals surface area contributed by atoms with E-state index in [1.54, 1.807) is 18.2 Å². The molecule has 1 unspecified atom stereocenters. The van der Waals surface area contributed by atoms with Crippen molar-refractivity contribution in [3.05, 3.63) is 40.9 Å². The third kappa shape index (κ3) is 5.15. The maximum absolute atomic E-state index is 12.4. The second-order valence-corrected chi connectivity index (χ2v) is 8.33. The monoisotopic (exact) mass is 445 g/mol. The molecule has 1 aromatic rings. The first-order chi connectivity index (χ1) is 13.3. The number of ketones is 1. The van der Waals surface area contributed by atoms with E-state index in [9.17, 15) is 29.5 Å². The minimum absolute atomic E-state index is 0. The molecule has 0 radical (unpaired) electrons. The normalized spacial score (nSPS) is 20.3. The maximum atomic E-state index is 12.4. The van der Waals surface area contributed by atoms with E-state index in [-0.39, 0.29) is 53.2 Å². The zero-order chi connectivity index (χ0) is 20.4. The summed E-state index contributed by atoms with van der Waals surface area (Å²) in [5.74, 6) is -2.42. The van der Waals surface area contributed by atoms with Crippen LogP contribution in [0, 0.1) is 5.21 Å². The molecule has 0 bridgehead atoms. The largest absolute Gasteiger partial charge is 1.00 e. The van der Waals surface area contributed by atoms with Gasteiger partial charge in [-0.3, -0.25) is 19.3 Å². The van der Waals surface area contributed by atoms with Gasteiger partial charge in [0.05, 0.1) is 18.1 Å². The number of pyridine rings is 1. The number of aliphatic carboxylic acids is 1. The molecule has 12 heteroatoms. The molecular weight excluding hydrogens is 429 g/mol. The number of hydrogen-bond acceptors (Lipinski definition) is 8. The van der Waals surface area contributed by atoms with Crippen LogP contribution in [-0.2, 0) is 19.2 Å². The number of aromatic nitrogens is 1. The van der Waals surface area contributed by atoms with Crippen LogP contribution >= 0.6 is 23.5 Å². The SMILES string of the molecule is CC(=O)CC(=O)NC1C(=O)N2C(C(=O)[O-])=C(CSc3cccc[n+]3[O-])CS[C@@H]12.[Na+]. The van der Waals surface area contributed by atoms with Crippen LogP contribution in [0.25, 0.3) is 0 Å². The van der Waals surface area contributed by atoms with Crippen molar-refractivity contribution < 1.29 is 58.6 Å². The minimum Gasteiger partial charge on any atom is -0.618 e. The van der Waals surface area contributed by atoms with Crippen LogP contribution in [0.2, 0.25) is 0 Å². The number of Topliss-reactive ketones (excluding diaryl/α,β-unsaturated/α-hetero) is 1. The zero-order valence-corrected chi connectivity index (χ0v) is 19.4. The van der Waals surface area contributed by atoms with Crippen LogP contribution in [0.5, 0.6) is 0 Å². The average molecular weight is 445 g/mol. The first-order valence-corrected chi connectivity index (χ1v) is 10.3. The Morgan fingerprint density at radius 1 is 1.38 bits per heavy atom. The molecule has 29 heavy (non-hydrogen) atoms. The van der Waals surface area contributed by atoms with Crippen molar-refractivity contribution in [1.82, 2.24) is 10.2 Å². The van der Waals surface area contributed by atoms with E-state index in [1.807, 2.05) is 0 Å². The van der Waals surface area contributed by atoms with E-state index in [0.717, 1.165) is 16.7 Å².